The second-order valence-corrected chi connectivity index (χ2v) is 8.28. The van der Waals surface area contributed by atoms with Gasteiger partial charge in [-0.1, -0.05) is 0 Å². The van der Waals surface area contributed by atoms with Crippen molar-refractivity contribution in [3.8, 4) is 11.5 Å². The molecule has 1 aliphatic rings. The molecule has 10 heteroatoms. The van der Waals surface area contributed by atoms with Crippen LogP contribution in [0.2, 0.25) is 0 Å². The summed E-state index contributed by atoms with van der Waals surface area (Å²) in [6.07, 6.45) is 0.675. The number of carbonyl (C=O) groups excluding carboxylic acids is 1. The third-order valence-electron chi connectivity index (χ3n) is 3.54. The first-order valence-corrected chi connectivity index (χ1v) is 10.4. The average Bonchev–Trinajstić information content (AvgIpc) is 2.87. The van der Waals surface area contributed by atoms with Gasteiger partial charge in [0.2, 0.25) is 5.91 Å². The lowest BCUT2D eigenvalue weighted by molar-refractivity contribution is -0.116. The van der Waals surface area contributed by atoms with Crippen molar-refractivity contribution in [3.05, 3.63) is 48.0 Å². The molecule has 1 heterocycles. The molecule has 0 unspecified atom stereocenters. The van der Waals surface area contributed by atoms with E-state index in [2.05, 4.69) is 0 Å². The predicted molar refractivity (Wildman–Crippen MR) is 94.5 cm³/mol. The van der Waals surface area contributed by atoms with Crippen LogP contribution in [0.15, 0.2) is 46.2 Å². The van der Waals surface area contributed by atoms with Gasteiger partial charge in [-0.25, -0.2) is 21.9 Å². The summed E-state index contributed by atoms with van der Waals surface area (Å²) in [4.78, 5) is 12.1. The first-order chi connectivity index (χ1) is 12.8. The average molecular weight is 415 g/mol. The molecule has 2 aromatic rings. The van der Waals surface area contributed by atoms with Gasteiger partial charge in [-0.3, -0.25) is 4.79 Å². The number of halogens is 2. The third-order valence-corrected chi connectivity index (χ3v) is 5.90. The normalized spacial score (nSPS) is 13.7. The van der Waals surface area contributed by atoms with E-state index in [9.17, 15) is 22.0 Å². The zero-order valence-electron chi connectivity index (χ0n) is 13.9. The number of nitrogens with one attached hydrogen (secondary N) is 1. The van der Waals surface area contributed by atoms with Gasteiger partial charge in [-0.15, -0.1) is 11.8 Å². The molecule has 0 bridgehead atoms. The highest BCUT2D eigenvalue weighted by Gasteiger charge is 2.21. The van der Waals surface area contributed by atoms with Crippen molar-refractivity contribution in [1.29, 1.82) is 0 Å². The van der Waals surface area contributed by atoms with Gasteiger partial charge in [0.15, 0.2) is 23.1 Å². The van der Waals surface area contributed by atoms with Crippen molar-refractivity contribution >= 4 is 27.7 Å². The minimum Gasteiger partial charge on any atom is -0.490 e. The molecular formula is C17H15F2NO5S2. The Bertz CT molecular complexity index is 966. The smallest absolute Gasteiger partial charge is 0.264 e. The fraction of sp³-hybridized carbons (Fsp3) is 0.235. The van der Waals surface area contributed by atoms with E-state index in [-0.39, 0.29) is 10.6 Å². The molecule has 0 radical (unpaired) electrons. The molecule has 6 nitrogen and oxygen atoms in total. The maximum atomic E-state index is 13.2. The SMILES string of the molecule is O=C(CSc1ccc(F)c(F)c1)NS(=O)(=O)c1ccc2c(c1)OCCCO2. The number of fused-ring (bicyclic) bond motifs is 1. The predicted octanol–water partition coefficient (Wildman–Crippen LogP) is 2.72. The van der Waals surface area contributed by atoms with Gasteiger partial charge in [0.25, 0.3) is 10.0 Å². The van der Waals surface area contributed by atoms with Gasteiger partial charge in [-0.05, 0) is 30.3 Å². The molecule has 0 spiro atoms. The Morgan fingerprint density at radius 1 is 1.04 bits per heavy atom. The minimum atomic E-state index is -4.11. The number of carbonyl (C=O) groups is 1. The summed E-state index contributed by atoms with van der Waals surface area (Å²) in [5.41, 5.74) is 0. The van der Waals surface area contributed by atoms with E-state index >= 15 is 0 Å². The number of rotatable bonds is 5. The summed E-state index contributed by atoms with van der Waals surface area (Å²) in [7, 11) is -4.11. The molecule has 0 aromatic heterocycles. The lowest BCUT2D eigenvalue weighted by atomic mass is 10.3. The molecule has 2 aromatic carbocycles. The molecule has 0 saturated carbocycles. The zero-order chi connectivity index (χ0) is 19.4. The van der Waals surface area contributed by atoms with Crippen LogP contribution in [0.5, 0.6) is 11.5 Å². The van der Waals surface area contributed by atoms with Gasteiger partial charge in [0.05, 0.1) is 23.9 Å². The Hall–Kier alpha value is -2.33. The van der Waals surface area contributed by atoms with Crippen LogP contribution in [0.4, 0.5) is 8.78 Å². The Labute approximate surface area is 158 Å². The van der Waals surface area contributed by atoms with Crippen LogP contribution in [-0.2, 0) is 14.8 Å². The summed E-state index contributed by atoms with van der Waals surface area (Å²) in [6.45, 7) is 0.866. The number of thioether (sulfide) groups is 1. The molecule has 1 N–H and O–H groups in total. The minimum absolute atomic E-state index is 0.141. The molecule has 1 amide bonds. The first kappa shape index (κ1) is 19.4. The van der Waals surface area contributed by atoms with E-state index in [0.29, 0.717) is 36.0 Å². The fourth-order valence-corrected chi connectivity index (χ4v) is 4.08. The summed E-state index contributed by atoms with van der Waals surface area (Å²) >= 11 is 0.885. The molecular weight excluding hydrogens is 400 g/mol. The van der Waals surface area contributed by atoms with E-state index in [1.54, 1.807) is 0 Å². The number of hydrogen-bond acceptors (Lipinski definition) is 6. The highest BCUT2D eigenvalue weighted by atomic mass is 32.2. The number of sulfonamides is 1. The van der Waals surface area contributed by atoms with Crippen molar-refractivity contribution in [2.24, 2.45) is 0 Å². The van der Waals surface area contributed by atoms with E-state index in [4.69, 9.17) is 9.47 Å². The monoisotopic (exact) mass is 415 g/mol. The summed E-state index contributed by atoms with van der Waals surface area (Å²) in [5.74, 6) is -2.39. The topological polar surface area (TPSA) is 81.7 Å². The molecule has 144 valence electrons. The van der Waals surface area contributed by atoms with Crippen LogP contribution in [0.25, 0.3) is 0 Å². The third kappa shape index (κ3) is 4.89. The maximum Gasteiger partial charge on any atom is 0.264 e. The molecule has 0 aliphatic carbocycles. The quantitative estimate of drug-likeness (QED) is 0.757. The second kappa shape index (κ2) is 8.13. The van der Waals surface area contributed by atoms with Crippen LogP contribution < -0.4 is 14.2 Å². The molecule has 3 rings (SSSR count). The van der Waals surface area contributed by atoms with Crippen molar-refractivity contribution < 1.29 is 31.5 Å². The fourth-order valence-electron chi connectivity index (χ4n) is 2.26. The van der Waals surface area contributed by atoms with Gasteiger partial charge in [0.1, 0.15) is 0 Å². The Balaban J connectivity index is 1.65. The number of hydrogen-bond donors (Lipinski definition) is 1. The van der Waals surface area contributed by atoms with Crippen LogP contribution >= 0.6 is 11.8 Å². The lowest BCUT2D eigenvalue weighted by Gasteiger charge is -2.11. The van der Waals surface area contributed by atoms with E-state index in [0.717, 1.165) is 23.9 Å². The molecule has 27 heavy (non-hydrogen) atoms. The van der Waals surface area contributed by atoms with Gasteiger partial charge in [0, 0.05) is 17.4 Å². The Morgan fingerprint density at radius 2 is 1.78 bits per heavy atom. The van der Waals surface area contributed by atoms with E-state index in [1.807, 2.05) is 4.72 Å². The Kier molecular flexibility index (Phi) is 5.85. The zero-order valence-corrected chi connectivity index (χ0v) is 15.5. The number of benzene rings is 2. The van der Waals surface area contributed by atoms with Crippen LogP contribution in [-0.4, -0.2) is 33.3 Å². The Morgan fingerprint density at radius 3 is 2.52 bits per heavy atom. The lowest BCUT2D eigenvalue weighted by Crippen LogP contribution is -2.31. The standard InChI is InChI=1S/C17H15F2NO5S2/c18-13-4-2-11(8-14(13)19)26-10-17(21)20-27(22,23)12-3-5-15-16(9-12)25-7-1-6-24-15/h2-5,8-9H,1,6-7,10H2,(H,20,21). The van der Waals surface area contributed by atoms with Gasteiger partial charge < -0.3 is 9.47 Å². The maximum absolute atomic E-state index is 13.2. The summed E-state index contributed by atoms with van der Waals surface area (Å²) in [5, 5.41) is 0. The van der Waals surface area contributed by atoms with E-state index in [1.165, 1.54) is 24.3 Å². The highest BCUT2D eigenvalue weighted by Crippen LogP contribution is 2.31. The number of amides is 1. The van der Waals surface area contributed by atoms with Crippen LogP contribution in [0.3, 0.4) is 0 Å². The summed E-state index contributed by atoms with van der Waals surface area (Å²) < 4.78 is 63.6. The van der Waals surface area contributed by atoms with Crippen LogP contribution in [0, 0.1) is 11.6 Å². The highest BCUT2D eigenvalue weighted by molar-refractivity contribution is 8.00. The van der Waals surface area contributed by atoms with Crippen molar-refractivity contribution in [3.63, 3.8) is 0 Å². The molecule has 0 fully saturated rings. The second-order valence-electron chi connectivity index (χ2n) is 5.55. The molecule has 0 atom stereocenters. The molecule has 0 saturated heterocycles. The molecule has 1 aliphatic heterocycles. The largest absolute Gasteiger partial charge is 0.490 e. The van der Waals surface area contributed by atoms with Gasteiger partial charge in [-0.2, -0.15) is 0 Å². The van der Waals surface area contributed by atoms with Crippen molar-refractivity contribution in [2.45, 2.75) is 16.2 Å². The van der Waals surface area contributed by atoms with Crippen molar-refractivity contribution in [2.75, 3.05) is 19.0 Å². The van der Waals surface area contributed by atoms with Gasteiger partial charge >= 0.3 is 0 Å². The summed E-state index contributed by atoms with van der Waals surface area (Å²) in [6, 6.07) is 7.24. The van der Waals surface area contributed by atoms with E-state index < -0.39 is 27.6 Å². The van der Waals surface area contributed by atoms with Crippen LogP contribution in [0.1, 0.15) is 6.42 Å². The number of ether oxygens (including phenoxy) is 2. The first-order valence-electron chi connectivity index (χ1n) is 7.88. The van der Waals surface area contributed by atoms with Crippen molar-refractivity contribution in [1.82, 2.24) is 4.72 Å².